The maximum absolute atomic E-state index is 12.2. The molecule has 0 spiro atoms. The highest BCUT2D eigenvalue weighted by Gasteiger charge is 2.11. The second-order valence-corrected chi connectivity index (χ2v) is 4.65. The number of hydrogen-bond acceptors (Lipinski definition) is 4. The summed E-state index contributed by atoms with van der Waals surface area (Å²) in [5, 5.41) is 14.3. The van der Waals surface area contributed by atoms with Crippen LogP contribution in [0.4, 0.5) is 11.4 Å². The van der Waals surface area contributed by atoms with Crippen molar-refractivity contribution in [1.82, 2.24) is 4.98 Å². The Kier molecular flexibility index (Phi) is 3.49. The largest absolute Gasteiger partial charge is 0.320 e. The van der Waals surface area contributed by atoms with Crippen LogP contribution >= 0.6 is 0 Å². The molecule has 108 valence electrons. The normalized spacial score (nSPS) is 10.4. The van der Waals surface area contributed by atoms with Gasteiger partial charge in [-0.25, -0.2) is 4.98 Å². The van der Waals surface area contributed by atoms with Gasteiger partial charge in [0.15, 0.2) is 0 Å². The molecule has 1 aromatic heterocycles. The van der Waals surface area contributed by atoms with Crippen molar-refractivity contribution < 1.29 is 9.72 Å². The summed E-state index contributed by atoms with van der Waals surface area (Å²) < 4.78 is 0. The van der Waals surface area contributed by atoms with Crippen LogP contribution in [-0.4, -0.2) is 15.8 Å². The van der Waals surface area contributed by atoms with Crippen LogP contribution in [0.1, 0.15) is 10.5 Å². The van der Waals surface area contributed by atoms with Crippen molar-refractivity contribution in [3.05, 3.63) is 76.5 Å². The maximum Gasteiger partial charge on any atom is 0.274 e. The number of hydrogen-bond donors (Lipinski definition) is 1. The van der Waals surface area contributed by atoms with Gasteiger partial charge in [0.05, 0.1) is 10.4 Å². The number of anilines is 1. The zero-order valence-electron chi connectivity index (χ0n) is 11.4. The van der Waals surface area contributed by atoms with E-state index >= 15 is 0 Å². The summed E-state index contributed by atoms with van der Waals surface area (Å²) in [7, 11) is 0. The number of aromatic nitrogens is 1. The molecule has 0 atom stereocenters. The van der Waals surface area contributed by atoms with E-state index in [9.17, 15) is 14.9 Å². The van der Waals surface area contributed by atoms with Crippen LogP contribution < -0.4 is 5.32 Å². The fourth-order valence-corrected chi connectivity index (χ4v) is 2.08. The van der Waals surface area contributed by atoms with E-state index in [1.807, 2.05) is 30.3 Å². The number of para-hydroxylation sites is 1. The standard InChI is InChI=1S/C16H11N3O3/c20-16(17-12-5-3-6-13(10-12)19(21)22)15-9-8-11-4-1-2-7-14(11)18-15/h1-10H,(H,17,20). The third-order valence-electron chi connectivity index (χ3n) is 3.15. The number of nitro benzene ring substituents is 1. The van der Waals surface area contributed by atoms with Crippen LogP contribution in [-0.2, 0) is 0 Å². The summed E-state index contributed by atoms with van der Waals surface area (Å²) >= 11 is 0. The first kappa shape index (κ1) is 13.7. The van der Waals surface area contributed by atoms with Crippen LogP contribution in [0.15, 0.2) is 60.7 Å². The van der Waals surface area contributed by atoms with E-state index in [0.29, 0.717) is 11.2 Å². The van der Waals surface area contributed by atoms with Gasteiger partial charge in [0, 0.05) is 23.2 Å². The molecule has 0 aliphatic carbocycles. The van der Waals surface area contributed by atoms with Crippen molar-refractivity contribution in [2.45, 2.75) is 0 Å². The summed E-state index contributed by atoms with van der Waals surface area (Å²) in [5.74, 6) is -0.411. The molecule has 6 nitrogen and oxygen atoms in total. The first-order valence-electron chi connectivity index (χ1n) is 6.55. The van der Waals surface area contributed by atoms with Gasteiger partial charge < -0.3 is 5.32 Å². The Labute approximate surface area is 125 Å². The number of rotatable bonds is 3. The van der Waals surface area contributed by atoms with Gasteiger partial charge >= 0.3 is 0 Å². The second-order valence-electron chi connectivity index (χ2n) is 4.65. The van der Waals surface area contributed by atoms with Crippen molar-refractivity contribution in [2.24, 2.45) is 0 Å². The molecule has 0 aliphatic rings. The van der Waals surface area contributed by atoms with Gasteiger partial charge in [0.2, 0.25) is 0 Å². The van der Waals surface area contributed by atoms with Crippen LogP contribution in [0.2, 0.25) is 0 Å². The molecule has 0 radical (unpaired) electrons. The van der Waals surface area contributed by atoms with Crippen LogP contribution in [0.25, 0.3) is 10.9 Å². The van der Waals surface area contributed by atoms with E-state index in [0.717, 1.165) is 5.39 Å². The Morgan fingerprint density at radius 3 is 2.68 bits per heavy atom. The number of fused-ring (bicyclic) bond motifs is 1. The van der Waals surface area contributed by atoms with Gasteiger partial charge in [-0.15, -0.1) is 0 Å². The zero-order valence-corrected chi connectivity index (χ0v) is 11.4. The molecule has 1 amide bonds. The molecule has 22 heavy (non-hydrogen) atoms. The molecule has 0 saturated carbocycles. The smallest absolute Gasteiger partial charge is 0.274 e. The summed E-state index contributed by atoms with van der Waals surface area (Å²) in [6.45, 7) is 0. The molecule has 0 unspecified atom stereocenters. The number of carbonyl (C=O) groups is 1. The average molecular weight is 293 g/mol. The molecule has 1 N–H and O–H groups in total. The topological polar surface area (TPSA) is 85.1 Å². The Morgan fingerprint density at radius 2 is 1.86 bits per heavy atom. The van der Waals surface area contributed by atoms with Gasteiger partial charge in [0.25, 0.3) is 11.6 Å². The Balaban J connectivity index is 1.86. The molecular formula is C16H11N3O3. The molecule has 0 saturated heterocycles. The van der Waals surface area contributed by atoms with Gasteiger partial charge in [-0.2, -0.15) is 0 Å². The van der Waals surface area contributed by atoms with Crippen LogP contribution in [0.3, 0.4) is 0 Å². The van der Waals surface area contributed by atoms with Crippen molar-refractivity contribution in [2.75, 3.05) is 5.32 Å². The Morgan fingerprint density at radius 1 is 1.05 bits per heavy atom. The zero-order chi connectivity index (χ0) is 15.5. The number of non-ortho nitro benzene ring substituents is 1. The molecule has 2 aromatic carbocycles. The summed E-state index contributed by atoms with van der Waals surface area (Å²) in [4.78, 5) is 26.7. The van der Waals surface area contributed by atoms with Crippen molar-refractivity contribution >= 4 is 28.2 Å². The molecular weight excluding hydrogens is 282 g/mol. The molecule has 3 rings (SSSR count). The number of pyridine rings is 1. The number of benzene rings is 2. The fourth-order valence-electron chi connectivity index (χ4n) is 2.08. The number of carbonyl (C=O) groups excluding carboxylic acids is 1. The number of nitrogens with zero attached hydrogens (tertiary/aromatic N) is 2. The molecule has 6 heteroatoms. The average Bonchev–Trinajstić information content (AvgIpc) is 2.54. The van der Waals surface area contributed by atoms with E-state index in [4.69, 9.17) is 0 Å². The molecule has 1 heterocycles. The van der Waals surface area contributed by atoms with Gasteiger partial charge in [0.1, 0.15) is 5.69 Å². The van der Waals surface area contributed by atoms with E-state index in [-0.39, 0.29) is 11.4 Å². The summed E-state index contributed by atoms with van der Waals surface area (Å²) in [6, 6.07) is 16.7. The first-order valence-corrected chi connectivity index (χ1v) is 6.55. The third-order valence-corrected chi connectivity index (χ3v) is 3.15. The molecule has 0 bridgehead atoms. The number of amides is 1. The Bertz CT molecular complexity index is 877. The predicted octanol–water partition coefficient (Wildman–Crippen LogP) is 3.40. The summed E-state index contributed by atoms with van der Waals surface area (Å²) in [6.07, 6.45) is 0. The first-order chi connectivity index (χ1) is 10.6. The lowest BCUT2D eigenvalue weighted by Crippen LogP contribution is -2.13. The van der Waals surface area contributed by atoms with Crippen molar-refractivity contribution in [3.63, 3.8) is 0 Å². The van der Waals surface area contributed by atoms with E-state index in [1.54, 1.807) is 12.1 Å². The van der Waals surface area contributed by atoms with Gasteiger partial charge in [-0.05, 0) is 18.2 Å². The Hall–Kier alpha value is -3.28. The van der Waals surface area contributed by atoms with E-state index < -0.39 is 10.8 Å². The minimum absolute atomic E-state index is 0.0794. The van der Waals surface area contributed by atoms with Crippen LogP contribution in [0.5, 0.6) is 0 Å². The molecule has 0 fully saturated rings. The quantitative estimate of drug-likeness (QED) is 0.592. The lowest BCUT2D eigenvalue weighted by Gasteiger charge is -2.05. The lowest BCUT2D eigenvalue weighted by atomic mass is 10.2. The maximum atomic E-state index is 12.2. The number of nitrogens with one attached hydrogen (secondary N) is 1. The highest BCUT2D eigenvalue weighted by atomic mass is 16.6. The third kappa shape index (κ3) is 2.76. The minimum atomic E-state index is -0.510. The predicted molar refractivity (Wildman–Crippen MR) is 82.8 cm³/mol. The minimum Gasteiger partial charge on any atom is -0.320 e. The van der Waals surface area contributed by atoms with Gasteiger partial charge in [-0.1, -0.05) is 30.3 Å². The van der Waals surface area contributed by atoms with Crippen molar-refractivity contribution in [1.29, 1.82) is 0 Å². The SMILES string of the molecule is O=C(Nc1cccc([N+](=O)[O-])c1)c1ccc2ccccc2n1. The molecule has 0 aliphatic heterocycles. The van der Waals surface area contributed by atoms with E-state index in [1.165, 1.54) is 18.2 Å². The lowest BCUT2D eigenvalue weighted by molar-refractivity contribution is -0.384. The van der Waals surface area contributed by atoms with Crippen LogP contribution in [0, 0.1) is 10.1 Å². The molecule has 3 aromatic rings. The van der Waals surface area contributed by atoms with Gasteiger partial charge in [-0.3, -0.25) is 14.9 Å². The second kappa shape index (κ2) is 5.61. The van der Waals surface area contributed by atoms with Crippen molar-refractivity contribution in [3.8, 4) is 0 Å². The highest BCUT2D eigenvalue weighted by molar-refractivity contribution is 6.04. The summed E-state index contributed by atoms with van der Waals surface area (Å²) in [5.41, 5.74) is 1.25. The van der Waals surface area contributed by atoms with E-state index in [2.05, 4.69) is 10.3 Å². The highest BCUT2D eigenvalue weighted by Crippen LogP contribution is 2.18. The number of nitro groups is 1. The monoisotopic (exact) mass is 293 g/mol. The fraction of sp³-hybridized carbons (Fsp3) is 0.